The first-order chi connectivity index (χ1) is 14.7. The van der Waals surface area contributed by atoms with Crippen molar-refractivity contribution >= 4 is 29.1 Å². The smallest absolute Gasteiger partial charge is 0.407 e. The number of nitrogens with one attached hydrogen (secondary N) is 3. The van der Waals surface area contributed by atoms with Crippen LogP contribution in [0.2, 0.25) is 0 Å². The van der Waals surface area contributed by atoms with Gasteiger partial charge < -0.3 is 15.4 Å². The number of nitrogens with zero attached hydrogens (tertiary/aromatic N) is 5. The molecule has 0 aliphatic rings. The summed E-state index contributed by atoms with van der Waals surface area (Å²) in [5, 5.41) is 12.3. The molecule has 3 aromatic rings. The minimum atomic E-state index is -0.541. The fraction of sp³-hybridized carbons (Fsp3) is 0.400. The molecule has 3 rings (SSSR count). The van der Waals surface area contributed by atoms with Crippen LogP contribution in [0.3, 0.4) is 0 Å². The summed E-state index contributed by atoms with van der Waals surface area (Å²) < 4.78 is 6.90. The lowest BCUT2D eigenvalue weighted by Gasteiger charge is -2.19. The van der Waals surface area contributed by atoms with Crippen molar-refractivity contribution in [1.82, 2.24) is 35.4 Å². The number of rotatable bonds is 6. The molecule has 0 aromatic carbocycles. The first-order valence-electron chi connectivity index (χ1n) is 9.92. The van der Waals surface area contributed by atoms with Gasteiger partial charge in [-0.2, -0.15) is 5.10 Å². The Hall–Kier alpha value is -3.76. The molecule has 0 aliphatic heterocycles. The molecule has 0 spiro atoms. The number of aromatic nitrogens is 5. The van der Waals surface area contributed by atoms with Gasteiger partial charge in [0.2, 0.25) is 0 Å². The Morgan fingerprint density at radius 3 is 2.68 bits per heavy atom. The van der Waals surface area contributed by atoms with Gasteiger partial charge in [-0.25, -0.2) is 19.6 Å². The van der Waals surface area contributed by atoms with Crippen LogP contribution in [0.5, 0.6) is 0 Å². The molecule has 0 unspecified atom stereocenters. The highest BCUT2D eigenvalue weighted by Gasteiger charge is 2.15. The SMILES string of the molecule is CCNC(=O)Nc1ccc2ncc(-c3cnn(CCNC(=O)OC(C)(C)C)c3)nc2n1. The van der Waals surface area contributed by atoms with Gasteiger partial charge in [0.25, 0.3) is 0 Å². The highest BCUT2D eigenvalue weighted by Crippen LogP contribution is 2.19. The second kappa shape index (κ2) is 9.37. The molecule has 0 saturated heterocycles. The van der Waals surface area contributed by atoms with E-state index in [0.29, 0.717) is 42.3 Å². The van der Waals surface area contributed by atoms with E-state index in [1.807, 2.05) is 33.9 Å². The zero-order chi connectivity index (χ0) is 22.4. The van der Waals surface area contributed by atoms with Crippen LogP contribution in [-0.4, -0.2) is 55.5 Å². The fourth-order valence-corrected chi connectivity index (χ4v) is 2.63. The number of alkyl carbamates (subject to hydrolysis) is 1. The quantitative estimate of drug-likeness (QED) is 0.551. The lowest BCUT2D eigenvalue weighted by molar-refractivity contribution is 0.0525. The number of amides is 3. The van der Waals surface area contributed by atoms with Gasteiger partial charge in [0.05, 0.1) is 24.6 Å². The van der Waals surface area contributed by atoms with Crippen LogP contribution in [0.15, 0.2) is 30.7 Å². The summed E-state index contributed by atoms with van der Waals surface area (Å²) in [4.78, 5) is 36.7. The number of anilines is 1. The van der Waals surface area contributed by atoms with Gasteiger partial charge in [0.1, 0.15) is 16.9 Å². The van der Waals surface area contributed by atoms with E-state index in [0.717, 1.165) is 5.56 Å². The van der Waals surface area contributed by atoms with Crippen LogP contribution in [0, 0.1) is 0 Å². The van der Waals surface area contributed by atoms with Crippen molar-refractivity contribution in [3.8, 4) is 11.3 Å². The second-order valence-corrected chi connectivity index (χ2v) is 7.70. The number of fused-ring (bicyclic) bond motifs is 1. The van der Waals surface area contributed by atoms with Crippen molar-refractivity contribution in [2.75, 3.05) is 18.4 Å². The minimum Gasteiger partial charge on any atom is -0.444 e. The van der Waals surface area contributed by atoms with Crippen molar-refractivity contribution in [1.29, 1.82) is 0 Å². The molecule has 0 fully saturated rings. The molecule has 11 heteroatoms. The summed E-state index contributed by atoms with van der Waals surface area (Å²) in [6, 6.07) is 3.08. The van der Waals surface area contributed by atoms with Gasteiger partial charge >= 0.3 is 12.1 Å². The first kappa shape index (κ1) is 21.9. The van der Waals surface area contributed by atoms with Crippen LogP contribution in [0.25, 0.3) is 22.4 Å². The number of urea groups is 1. The summed E-state index contributed by atoms with van der Waals surface area (Å²) in [6.07, 6.45) is 4.65. The van der Waals surface area contributed by atoms with Crippen LogP contribution in [-0.2, 0) is 11.3 Å². The van der Waals surface area contributed by atoms with Gasteiger partial charge in [0, 0.05) is 24.8 Å². The standard InChI is InChI=1S/C20H26N8O3/c1-5-21-18(29)27-16-7-6-14-17(26-16)25-15(11-23-14)13-10-24-28(12-13)9-8-22-19(30)31-20(2,3)4/h6-7,10-12H,5,8-9H2,1-4H3,(H,22,30)(H2,21,25,26,27,29). The third-order valence-electron chi connectivity index (χ3n) is 3.92. The van der Waals surface area contributed by atoms with Crippen LogP contribution in [0.4, 0.5) is 15.4 Å². The Kier molecular flexibility index (Phi) is 6.63. The molecule has 0 bridgehead atoms. The molecule has 0 atom stereocenters. The summed E-state index contributed by atoms with van der Waals surface area (Å²) >= 11 is 0. The van der Waals surface area contributed by atoms with E-state index in [1.54, 1.807) is 29.2 Å². The molecule has 0 radical (unpaired) electrons. The van der Waals surface area contributed by atoms with Crippen molar-refractivity contribution in [3.63, 3.8) is 0 Å². The Bertz CT molecular complexity index is 1070. The molecule has 3 aromatic heterocycles. The molecule has 3 N–H and O–H groups in total. The third kappa shape index (κ3) is 6.36. The Morgan fingerprint density at radius 2 is 1.94 bits per heavy atom. The average Bonchev–Trinajstić information content (AvgIpc) is 3.15. The number of hydrogen-bond acceptors (Lipinski definition) is 7. The van der Waals surface area contributed by atoms with E-state index in [2.05, 4.69) is 36.0 Å². The van der Waals surface area contributed by atoms with Gasteiger partial charge in [-0.3, -0.25) is 15.0 Å². The maximum atomic E-state index is 11.7. The Morgan fingerprint density at radius 1 is 1.13 bits per heavy atom. The number of pyridine rings is 1. The molecular weight excluding hydrogens is 400 g/mol. The van der Waals surface area contributed by atoms with Crippen LogP contribution >= 0.6 is 0 Å². The van der Waals surface area contributed by atoms with E-state index in [4.69, 9.17) is 4.74 Å². The van der Waals surface area contributed by atoms with E-state index >= 15 is 0 Å². The maximum Gasteiger partial charge on any atom is 0.407 e. The lowest BCUT2D eigenvalue weighted by atomic mass is 10.2. The Labute approximate surface area is 179 Å². The highest BCUT2D eigenvalue weighted by molar-refractivity contribution is 5.89. The van der Waals surface area contributed by atoms with Crippen molar-refractivity contribution in [3.05, 3.63) is 30.7 Å². The summed E-state index contributed by atoms with van der Waals surface area (Å²) in [5.41, 5.74) is 1.84. The summed E-state index contributed by atoms with van der Waals surface area (Å²) in [6.45, 7) is 8.62. The van der Waals surface area contributed by atoms with Crippen LogP contribution in [0.1, 0.15) is 27.7 Å². The predicted octanol–water partition coefficient (Wildman–Crippen LogP) is 2.55. The van der Waals surface area contributed by atoms with E-state index in [-0.39, 0.29) is 6.03 Å². The van der Waals surface area contributed by atoms with Gasteiger partial charge in [0.15, 0.2) is 5.65 Å². The molecular formula is C20H26N8O3. The highest BCUT2D eigenvalue weighted by atomic mass is 16.6. The summed E-state index contributed by atoms with van der Waals surface area (Å²) in [5.74, 6) is 0.383. The second-order valence-electron chi connectivity index (χ2n) is 7.70. The molecule has 164 valence electrons. The summed E-state index contributed by atoms with van der Waals surface area (Å²) in [7, 11) is 0. The molecule has 0 saturated carbocycles. The molecule has 0 aliphatic carbocycles. The number of hydrogen-bond donors (Lipinski definition) is 3. The fourth-order valence-electron chi connectivity index (χ4n) is 2.63. The van der Waals surface area contributed by atoms with E-state index < -0.39 is 11.7 Å². The third-order valence-corrected chi connectivity index (χ3v) is 3.92. The van der Waals surface area contributed by atoms with Gasteiger partial charge in [-0.1, -0.05) is 0 Å². The van der Waals surface area contributed by atoms with Crippen molar-refractivity contribution < 1.29 is 14.3 Å². The average molecular weight is 426 g/mol. The molecule has 3 amide bonds. The normalized spacial score (nSPS) is 11.2. The number of carbonyl (C=O) groups excluding carboxylic acids is 2. The number of ether oxygens (including phenoxy) is 1. The monoisotopic (exact) mass is 426 g/mol. The van der Waals surface area contributed by atoms with Crippen molar-refractivity contribution in [2.45, 2.75) is 39.8 Å². The van der Waals surface area contributed by atoms with Gasteiger partial charge in [-0.15, -0.1) is 0 Å². The van der Waals surface area contributed by atoms with E-state index in [1.165, 1.54) is 0 Å². The number of carbonyl (C=O) groups is 2. The minimum absolute atomic E-state index is 0.334. The first-order valence-corrected chi connectivity index (χ1v) is 9.92. The van der Waals surface area contributed by atoms with E-state index in [9.17, 15) is 9.59 Å². The van der Waals surface area contributed by atoms with Crippen molar-refractivity contribution in [2.24, 2.45) is 0 Å². The molecule has 11 nitrogen and oxygen atoms in total. The molecule has 3 heterocycles. The zero-order valence-electron chi connectivity index (χ0n) is 18.0. The Balaban J connectivity index is 1.66. The maximum absolute atomic E-state index is 11.7. The van der Waals surface area contributed by atoms with Crippen LogP contribution < -0.4 is 16.0 Å². The van der Waals surface area contributed by atoms with Gasteiger partial charge in [-0.05, 0) is 39.8 Å². The molecule has 31 heavy (non-hydrogen) atoms. The topological polar surface area (TPSA) is 136 Å². The lowest BCUT2D eigenvalue weighted by Crippen LogP contribution is -2.34. The predicted molar refractivity (Wildman–Crippen MR) is 115 cm³/mol. The zero-order valence-corrected chi connectivity index (χ0v) is 18.0. The largest absolute Gasteiger partial charge is 0.444 e.